The molecule has 0 atom stereocenters. The topological polar surface area (TPSA) is 85.2 Å². The van der Waals surface area contributed by atoms with Crippen molar-refractivity contribution in [1.82, 2.24) is 24.5 Å². The van der Waals surface area contributed by atoms with Crippen molar-refractivity contribution in [3.05, 3.63) is 46.3 Å². The van der Waals surface area contributed by atoms with Crippen molar-refractivity contribution in [1.29, 1.82) is 0 Å². The third-order valence-electron chi connectivity index (χ3n) is 8.12. The maximum atomic E-state index is 13.3. The molecule has 2 aliphatic heterocycles. The van der Waals surface area contributed by atoms with Crippen LogP contribution in [0.25, 0.3) is 0 Å². The normalized spacial score (nSPS) is 18.6. The molecule has 1 N–H and O–H groups in total. The molecule has 2 aromatic rings. The molecule has 9 nitrogen and oxygen atoms in total. The van der Waals surface area contributed by atoms with Gasteiger partial charge < -0.3 is 19.8 Å². The fourth-order valence-corrected chi connectivity index (χ4v) is 5.78. The molecular formula is C27H38N6O3. The molecule has 0 saturated carbocycles. The molecule has 2 fully saturated rings. The van der Waals surface area contributed by atoms with Gasteiger partial charge in [-0.15, -0.1) is 0 Å². The molecule has 3 aliphatic rings. The number of piperazine rings is 2. The Kier molecular flexibility index (Phi) is 7.29. The lowest BCUT2D eigenvalue weighted by molar-refractivity contribution is -0.132. The van der Waals surface area contributed by atoms with Gasteiger partial charge in [-0.25, -0.2) is 0 Å². The van der Waals surface area contributed by atoms with E-state index < -0.39 is 0 Å². The van der Waals surface area contributed by atoms with E-state index in [4.69, 9.17) is 10.2 Å². The maximum Gasteiger partial charge on any atom is 0.274 e. The first kappa shape index (κ1) is 24.8. The summed E-state index contributed by atoms with van der Waals surface area (Å²) in [5.41, 5.74) is 6.47. The Morgan fingerprint density at radius 2 is 1.67 bits per heavy atom. The number of hydrogen-bond donors (Lipinski definition) is 1. The van der Waals surface area contributed by atoms with Gasteiger partial charge in [0.05, 0.1) is 6.61 Å². The molecule has 0 spiro atoms. The van der Waals surface area contributed by atoms with Crippen LogP contribution in [0.3, 0.4) is 0 Å². The summed E-state index contributed by atoms with van der Waals surface area (Å²) >= 11 is 0. The van der Waals surface area contributed by atoms with Gasteiger partial charge in [0, 0.05) is 75.8 Å². The van der Waals surface area contributed by atoms with Gasteiger partial charge in [-0.3, -0.25) is 19.2 Å². The van der Waals surface area contributed by atoms with E-state index in [1.165, 1.54) is 16.8 Å². The Balaban J connectivity index is 1.22. The third kappa shape index (κ3) is 4.86. The number of benzene rings is 1. The Bertz CT molecular complexity index is 1110. The summed E-state index contributed by atoms with van der Waals surface area (Å²) in [4.78, 5) is 34.9. The summed E-state index contributed by atoms with van der Waals surface area (Å²) in [7, 11) is 0. The average molecular weight is 495 g/mol. The van der Waals surface area contributed by atoms with E-state index in [1.54, 1.807) is 4.68 Å². The average Bonchev–Trinajstić information content (AvgIpc) is 3.50. The monoisotopic (exact) mass is 494 g/mol. The van der Waals surface area contributed by atoms with Crippen LogP contribution < -0.4 is 4.90 Å². The number of aryl methyl sites for hydroxylation is 1. The van der Waals surface area contributed by atoms with Crippen LogP contribution in [0.5, 0.6) is 0 Å². The smallest absolute Gasteiger partial charge is 0.274 e. The third-order valence-corrected chi connectivity index (χ3v) is 8.12. The number of carbonyl (C=O) groups excluding carboxylic acids is 2. The number of nitrogens with zero attached hydrogens (tertiary/aromatic N) is 6. The van der Waals surface area contributed by atoms with Crippen LogP contribution in [0, 0.1) is 13.8 Å². The molecule has 0 radical (unpaired) electrons. The molecule has 0 unspecified atom stereocenters. The van der Waals surface area contributed by atoms with Crippen molar-refractivity contribution < 1.29 is 14.7 Å². The highest BCUT2D eigenvalue weighted by Crippen LogP contribution is 2.27. The van der Waals surface area contributed by atoms with Crippen molar-refractivity contribution >= 4 is 17.5 Å². The van der Waals surface area contributed by atoms with Crippen LogP contribution in [-0.2, 0) is 24.2 Å². The fraction of sp³-hybridized carbons (Fsp3) is 0.593. The largest absolute Gasteiger partial charge is 0.395 e. The maximum absolute atomic E-state index is 13.3. The number of aromatic nitrogens is 2. The molecule has 0 bridgehead atoms. The molecule has 1 aromatic heterocycles. The Morgan fingerprint density at radius 3 is 2.39 bits per heavy atom. The van der Waals surface area contributed by atoms with Crippen molar-refractivity contribution in [3.63, 3.8) is 0 Å². The lowest BCUT2D eigenvalue weighted by atomic mass is 10.1. The summed E-state index contributed by atoms with van der Waals surface area (Å²) in [6.07, 6.45) is 2.72. The summed E-state index contributed by atoms with van der Waals surface area (Å²) in [6, 6.07) is 6.40. The Morgan fingerprint density at radius 1 is 0.944 bits per heavy atom. The van der Waals surface area contributed by atoms with Gasteiger partial charge in [0.25, 0.3) is 5.91 Å². The minimum atomic E-state index is -0.0230. The molecular weight excluding hydrogens is 456 g/mol. The van der Waals surface area contributed by atoms with Gasteiger partial charge in [0.1, 0.15) is 6.54 Å². The second kappa shape index (κ2) is 10.6. The van der Waals surface area contributed by atoms with Gasteiger partial charge >= 0.3 is 0 Å². The number of anilines is 1. The number of β-amino-alcohol motifs (C(OH)–C–C–N with tert-alkyl or cyclic N) is 1. The van der Waals surface area contributed by atoms with E-state index in [0.29, 0.717) is 38.4 Å². The summed E-state index contributed by atoms with van der Waals surface area (Å²) < 4.78 is 1.80. The van der Waals surface area contributed by atoms with Gasteiger partial charge in [-0.2, -0.15) is 5.10 Å². The first-order valence-electron chi connectivity index (χ1n) is 13.3. The summed E-state index contributed by atoms with van der Waals surface area (Å²) in [5, 5.41) is 13.9. The highest BCUT2D eigenvalue weighted by atomic mass is 16.3. The first-order valence-corrected chi connectivity index (χ1v) is 13.3. The van der Waals surface area contributed by atoms with E-state index in [-0.39, 0.29) is 25.0 Å². The molecule has 194 valence electrons. The van der Waals surface area contributed by atoms with E-state index >= 15 is 0 Å². The van der Waals surface area contributed by atoms with Crippen molar-refractivity contribution in [2.75, 3.05) is 70.4 Å². The SMILES string of the molecule is Cc1cccc(N2CCN(C(=O)Cn3nc(C(=O)N4CCN(CCO)CC4)c4c3CCC4)CC2)c1C. The highest BCUT2D eigenvalue weighted by molar-refractivity contribution is 5.94. The van der Waals surface area contributed by atoms with E-state index in [2.05, 4.69) is 41.8 Å². The standard InChI is InChI=1S/C27H38N6O3/c1-20-5-3-7-23(21(20)2)30-13-15-31(16-14-30)25(35)19-33-24-8-4-6-22(24)26(28-33)27(36)32-11-9-29(10-12-32)17-18-34/h3,5,7,34H,4,6,8-19H2,1-2H3. The second-order valence-electron chi connectivity index (χ2n) is 10.2. The zero-order valence-corrected chi connectivity index (χ0v) is 21.6. The molecule has 9 heteroatoms. The van der Waals surface area contributed by atoms with Crippen LogP contribution in [0.2, 0.25) is 0 Å². The summed E-state index contributed by atoms with van der Waals surface area (Å²) in [5.74, 6) is 0.0505. The van der Waals surface area contributed by atoms with Crippen molar-refractivity contribution in [2.45, 2.75) is 39.7 Å². The van der Waals surface area contributed by atoms with Gasteiger partial charge in [0.15, 0.2) is 5.69 Å². The number of hydrogen-bond acceptors (Lipinski definition) is 6. The molecule has 1 aromatic carbocycles. The minimum Gasteiger partial charge on any atom is -0.395 e. The van der Waals surface area contributed by atoms with Crippen LogP contribution in [0.15, 0.2) is 18.2 Å². The number of carbonyl (C=O) groups is 2. The minimum absolute atomic E-state index is 0.0230. The molecule has 5 rings (SSSR count). The fourth-order valence-electron chi connectivity index (χ4n) is 5.78. The molecule has 3 heterocycles. The number of aliphatic hydroxyl groups is 1. The van der Waals surface area contributed by atoms with Gasteiger partial charge in [-0.1, -0.05) is 12.1 Å². The number of fused-ring (bicyclic) bond motifs is 1. The zero-order chi connectivity index (χ0) is 25.2. The van der Waals surface area contributed by atoms with E-state index in [0.717, 1.165) is 56.7 Å². The van der Waals surface area contributed by atoms with Crippen molar-refractivity contribution in [2.24, 2.45) is 0 Å². The Hall–Kier alpha value is -2.91. The number of aliphatic hydroxyl groups excluding tert-OH is 1. The summed E-state index contributed by atoms with van der Waals surface area (Å²) in [6.45, 7) is 11.1. The van der Waals surface area contributed by atoms with Crippen LogP contribution in [-0.4, -0.2) is 107 Å². The molecule has 2 saturated heterocycles. The quantitative estimate of drug-likeness (QED) is 0.647. The predicted molar refractivity (Wildman–Crippen MR) is 138 cm³/mol. The Labute approximate surface area is 213 Å². The molecule has 2 amide bonds. The van der Waals surface area contributed by atoms with E-state index in [9.17, 15) is 9.59 Å². The van der Waals surface area contributed by atoms with Crippen LogP contribution >= 0.6 is 0 Å². The van der Waals surface area contributed by atoms with Crippen LogP contribution in [0.4, 0.5) is 5.69 Å². The zero-order valence-electron chi connectivity index (χ0n) is 21.6. The lowest BCUT2D eigenvalue weighted by Crippen LogP contribution is -2.50. The van der Waals surface area contributed by atoms with Gasteiger partial charge in [0.2, 0.25) is 5.91 Å². The van der Waals surface area contributed by atoms with Crippen LogP contribution in [0.1, 0.15) is 39.3 Å². The molecule has 36 heavy (non-hydrogen) atoms. The number of amides is 2. The van der Waals surface area contributed by atoms with Crippen molar-refractivity contribution in [3.8, 4) is 0 Å². The first-order chi connectivity index (χ1) is 17.5. The van der Waals surface area contributed by atoms with E-state index in [1.807, 2.05) is 9.80 Å². The lowest BCUT2D eigenvalue weighted by Gasteiger charge is -2.37. The number of rotatable bonds is 6. The molecule has 1 aliphatic carbocycles. The second-order valence-corrected chi connectivity index (χ2v) is 10.2. The highest BCUT2D eigenvalue weighted by Gasteiger charge is 2.32. The van der Waals surface area contributed by atoms with Gasteiger partial charge in [-0.05, 0) is 50.3 Å². The predicted octanol–water partition coefficient (Wildman–Crippen LogP) is 1.09.